The van der Waals surface area contributed by atoms with Gasteiger partial charge in [0.25, 0.3) is 17.7 Å². The van der Waals surface area contributed by atoms with Crippen molar-refractivity contribution in [2.24, 2.45) is 0 Å². The Hall–Kier alpha value is -3.30. The van der Waals surface area contributed by atoms with Crippen LogP contribution in [0, 0.1) is 0 Å². The first-order valence-electron chi connectivity index (χ1n) is 7.73. The van der Waals surface area contributed by atoms with Gasteiger partial charge in [0.05, 0.1) is 12.1 Å². The van der Waals surface area contributed by atoms with Crippen LogP contribution in [0.3, 0.4) is 0 Å². The van der Waals surface area contributed by atoms with Crippen LogP contribution in [0.15, 0.2) is 33.3 Å². The molecule has 1 atom stereocenters. The second kappa shape index (κ2) is 6.21. The van der Waals surface area contributed by atoms with E-state index < -0.39 is 18.2 Å². The molecule has 0 radical (unpaired) electrons. The maximum atomic E-state index is 12.6. The monoisotopic (exact) mass is 362 g/mol. The third kappa shape index (κ3) is 2.89. The van der Waals surface area contributed by atoms with Crippen LogP contribution >= 0.6 is 0 Å². The third-order valence-electron chi connectivity index (χ3n) is 4.13. The van der Waals surface area contributed by atoms with E-state index in [0.29, 0.717) is 18.4 Å². The van der Waals surface area contributed by atoms with Crippen molar-refractivity contribution in [1.82, 2.24) is 20.6 Å². The molecule has 2 N–H and O–H groups in total. The van der Waals surface area contributed by atoms with Gasteiger partial charge in [-0.2, -0.15) is 13.8 Å². The first-order valence-corrected chi connectivity index (χ1v) is 7.73. The van der Waals surface area contributed by atoms with Crippen LogP contribution in [-0.4, -0.2) is 26.3 Å². The Morgan fingerprint density at radius 2 is 2.12 bits per heavy atom. The fraction of sp³-hybridized carbons (Fsp3) is 0.250. The fourth-order valence-electron chi connectivity index (χ4n) is 2.95. The number of rotatable bonds is 4. The van der Waals surface area contributed by atoms with Gasteiger partial charge in [0.2, 0.25) is 11.6 Å². The average Bonchev–Trinajstić information content (AvgIpc) is 3.34. The molecule has 0 aliphatic heterocycles. The number of amides is 1. The standard InChI is InChI=1S/C16H12F2N4O4/c17-13(18)16-20-14(22-26-16)8-1-3-9-7(5-8)2-4-10(9)19-15(24)11-6-12(23)21-25-11/h1,3,5-6,10,13H,2,4H2,(H,19,24)(H,21,23). The smallest absolute Gasteiger partial charge is 0.315 e. The summed E-state index contributed by atoms with van der Waals surface area (Å²) < 4.78 is 34.4. The molecule has 0 spiro atoms. The number of aromatic hydroxyl groups is 1. The maximum absolute atomic E-state index is 12.6. The summed E-state index contributed by atoms with van der Waals surface area (Å²) in [5.41, 5.74) is 2.42. The van der Waals surface area contributed by atoms with Crippen molar-refractivity contribution in [2.45, 2.75) is 25.3 Å². The molecule has 0 bridgehead atoms. The van der Waals surface area contributed by atoms with E-state index in [1.165, 1.54) is 0 Å². The van der Waals surface area contributed by atoms with Gasteiger partial charge >= 0.3 is 6.43 Å². The van der Waals surface area contributed by atoms with E-state index in [-0.39, 0.29) is 23.5 Å². The van der Waals surface area contributed by atoms with Gasteiger partial charge in [0.1, 0.15) is 0 Å². The highest BCUT2D eigenvalue weighted by Gasteiger charge is 2.27. The van der Waals surface area contributed by atoms with Gasteiger partial charge in [-0.1, -0.05) is 17.3 Å². The number of aryl methyl sites for hydroxylation is 1. The number of fused-ring (bicyclic) bond motifs is 1. The molecule has 0 saturated heterocycles. The van der Waals surface area contributed by atoms with Crippen LogP contribution in [0.25, 0.3) is 11.4 Å². The molecule has 2 aromatic heterocycles. The minimum Gasteiger partial charge on any atom is -0.491 e. The predicted molar refractivity (Wildman–Crippen MR) is 81.4 cm³/mol. The van der Waals surface area contributed by atoms with Crippen molar-refractivity contribution in [3.63, 3.8) is 0 Å². The van der Waals surface area contributed by atoms with E-state index in [1.807, 2.05) is 0 Å². The summed E-state index contributed by atoms with van der Waals surface area (Å²) in [4.78, 5) is 15.8. The SMILES string of the molecule is O=C(NC1CCc2cc(-c3noc(C(F)F)n3)ccc21)c1cc(O)no1. The Balaban J connectivity index is 1.53. The van der Waals surface area contributed by atoms with Gasteiger partial charge in [0, 0.05) is 5.56 Å². The van der Waals surface area contributed by atoms with Crippen LogP contribution in [0.2, 0.25) is 0 Å². The van der Waals surface area contributed by atoms with Crippen LogP contribution in [0.4, 0.5) is 8.78 Å². The zero-order valence-corrected chi connectivity index (χ0v) is 13.1. The first kappa shape index (κ1) is 16.2. The van der Waals surface area contributed by atoms with Crippen LogP contribution in [0.1, 0.15) is 46.5 Å². The van der Waals surface area contributed by atoms with Crippen molar-refractivity contribution in [1.29, 1.82) is 0 Å². The minimum atomic E-state index is -2.82. The fourth-order valence-corrected chi connectivity index (χ4v) is 2.95. The van der Waals surface area contributed by atoms with E-state index in [1.54, 1.807) is 18.2 Å². The lowest BCUT2D eigenvalue weighted by Gasteiger charge is -2.13. The number of hydrogen-bond acceptors (Lipinski definition) is 7. The summed E-state index contributed by atoms with van der Waals surface area (Å²) >= 11 is 0. The zero-order chi connectivity index (χ0) is 18.3. The largest absolute Gasteiger partial charge is 0.491 e. The minimum absolute atomic E-state index is 0.0844. The lowest BCUT2D eigenvalue weighted by Crippen LogP contribution is -2.26. The molecule has 0 saturated carbocycles. The number of benzene rings is 1. The average molecular weight is 362 g/mol. The van der Waals surface area contributed by atoms with Gasteiger partial charge < -0.3 is 19.5 Å². The molecule has 26 heavy (non-hydrogen) atoms. The van der Waals surface area contributed by atoms with Crippen molar-refractivity contribution < 1.29 is 27.7 Å². The second-order valence-electron chi connectivity index (χ2n) is 5.78. The van der Waals surface area contributed by atoms with Crippen molar-refractivity contribution in [3.05, 3.63) is 47.0 Å². The summed E-state index contributed by atoms with van der Waals surface area (Å²) in [6.07, 6.45) is -1.46. The number of alkyl halides is 2. The molecular weight excluding hydrogens is 350 g/mol. The third-order valence-corrected chi connectivity index (χ3v) is 4.13. The first-order chi connectivity index (χ1) is 12.5. The molecule has 1 amide bonds. The Morgan fingerprint density at radius 3 is 2.81 bits per heavy atom. The zero-order valence-electron chi connectivity index (χ0n) is 13.1. The van der Waals surface area contributed by atoms with Gasteiger partial charge in [0.15, 0.2) is 0 Å². The van der Waals surface area contributed by atoms with Crippen molar-refractivity contribution >= 4 is 5.91 Å². The molecule has 4 rings (SSSR count). The number of nitrogens with one attached hydrogen (secondary N) is 1. The van der Waals surface area contributed by atoms with Crippen LogP contribution in [0.5, 0.6) is 5.88 Å². The number of nitrogens with zero attached hydrogens (tertiary/aromatic N) is 3. The van der Waals surface area contributed by atoms with E-state index in [4.69, 9.17) is 9.63 Å². The van der Waals surface area contributed by atoms with E-state index in [2.05, 4.69) is 25.1 Å². The van der Waals surface area contributed by atoms with Crippen molar-refractivity contribution in [2.75, 3.05) is 0 Å². The number of hydrogen-bond donors (Lipinski definition) is 2. The Labute approximate surface area is 144 Å². The summed E-state index contributed by atoms with van der Waals surface area (Å²) in [6.45, 7) is 0. The molecule has 1 aromatic carbocycles. The van der Waals surface area contributed by atoms with E-state index >= 15 is 0 Å². The van der Waals surface area contributed by atoms with Crippen LogP contribution in [-0.2, 0) is 6.42 Å². The molecule has 0 fully saturated rings. The van der Waals surface area contributed by atoms with Gasteiger partial charge in [-0.25, -0.2) is 0 Å². The predicted octanol–water partition coefficient (Wildman–Crippen LogP) is 2.79. The number of carbonyl (C=O) groups excluding carboxylic acids is 1. The number of carbonyl (C=O) groups is 1. The number of halogens is 2. The molecule has 134 valence electrons. The summed E-state index contributed by atoms with van der Waals surface area (Å²) in [6, 6.07) is 6.16. The lowest BCUT2D eigenvalue weighted by atomic mass is 10.0. The second-order valence-corrected chi connectivity index (χ2v) is 5.78. The lowest BCUT2D eigenvalue weighted by molar-refractivity contribution is 0.0899. The Bertz CT molecular complexity index is 969. The Morgan fingerprint density at radius 1 is 1.27 bits per heavy atom. The summed E-state index contributed by atoms with van der Waals surface area (Å²) in [5.74, 6) is -1.57. The van der Waals surface area contributed by atoms with Gasteiger partial charge in [-0.15, -0.1) is 0 Å². The van der Waals surface area contributed by atoms with E-state index in [0.717, 1.165) is 17.2 Å². The maximum Gasteiger partial charge on any atom is 0.315 e. The number of aromatic nitrogens is 3. The molecule has 1 aliphatic carbocycles. The summed E-state index contributed by atoms with van der Waals surface area (Å²) in [5, 5.41) is 18.8. The highest BCUT2D eigenvalue weighted by Crippen LogP contribution is 2.34. The van der Waals surface area contributed by atoms with Crippen molar-refractivity contribution in [3.8, 4) is 17.3 Å². The van der Waals surface area contributed by atoms with Crippen LogP contribution < -0.4 is 5.32 Å². The molecule has 1 aliphatic rings. The van der Waals surface area contributed by atoms with E-state index in [9.17, 15) is 13.6 Å². The highest BCUT2D eigenvalue weighted by atomic mass is 19.3. The molecule has 2 heterocycles. The molecule has 10 heteroatoms. The molecule has 8 nitrogen and oxygen atoms in total. The normalized spacial score (nSPS) is 16.0. The summed E-state index contributed by atoms with van der Waals surface area (Å²) in [7, 11) is 0. The van der Waals surface area contributed by atoms with Gasteiger partial charge in [-0.05, 0) is 35.2 Å². The molecule has 3 aromatic rings. The topological polar surface area (TPSA) is 114 Å². The molecule has 1 unspecified atom stereocenters. The Kier molecular flexibility index (Phi) is 3.86. The van der Waals surface area contributed by atoms with Gasteiger partial charge in [-0.3, -0.25) is 4.79 Å². The quantitative estimate of drug-likeness (QED) is 0.733. The molecular formula is C16H12F2N4O4. The highest BCUT2D eigenvalue weighted by molar-refractivity contribution is 5.92.